The van der Waals surface area contributed by atoms with Crippen LogP contribution in [0.25, 0.3) is 0 Å². The fourth-order valence-electron chi connectivity index (χ4n) is 3.65. The van der Waals surface area contributed by atoms with Gasteiger partial charge in [-0.05, 0) is 76.1 Å². The fourth-order valence-corrected chi connectivity index (χ4v) is 4.88. The van der Waals surface area contributed by atoms with E-state index in [0.717, 1.165) is 16.3 Å². The summed E-state index contributed by atoms with van der Waals surface area (Å²) in [4.78, 5) is 27.5. The average molecular weight is 583 g/mol. The van der Waals surface area contributed by atoms with Crippen molar-refractivity contribution >= 4 is 43.5 Å². The van der Waals surface area contributed by atoms with E-state index in [2.05, 4.69) is 21.2 Å². The van der Waals surface area contributed by atoms with Crippen molar-refractivity contribution in [1.82, 2.24) is 10.2 Å². The Balaban J connectivity index is 2.14. The molecule has 10 heteroatoms. The second-order valence-corrected chi connectivity index (χ2v) is 11.7. The number of rotatable bonds is 13. The molecule has 0 saturated heterocycles. The molecule has 198 valence electrons. The number of carbonyl (C=O) groups excluding carboxylic acids is 2. The summed E-state index contributed by atoms with van der Waals surface area (Å²) in [6.45, 7) is 8.24. The molecule has 1 atom stereocenters. The molecule has 0 aliphatic heterocycles. The first-order chi connectivity index (χ1) is 16.9. The molecule has 8 nitrogen and oxygen atoms in total. The molecule has 0 bridgehead atoms. The van der Waals surface area contributed by atoms with Gasteiger partial charge >= 0.3 is 0 Å². The lowest BCUT2D eigenvalue weighted by atomic mass is 10.1. The van der Waals surface area contributed by atoms with Crippen molar-refractivity contribution in [2.75, 3.05) is 23.7 Å². The first-order valence-electron chi connectivity index (χ1n) is 12.0. The number of nitrogens with zero attached hydrogens (tertiary/aromatic N) is 2. The molecule has 36 heavy (non-hydrogen) atoms. The third-order valence-corrected chi connectivity index (χ3v) is 7.18. The van der Waals surface area contributed by atoms with Crippen LogP contribution in [-0.4, -0.2) is 56.6 Å². The van der Waals surface area contributed by atoms with E-state index in [4.69, 9.17) is 4.74 Å². The van der Waals surface area contributed by atoms with E-state index in [9.17, 15) is 18.0 Å². The van der Waals surface area contributed by atoms with Crippen molar-refractivity contribution in [2.45, 2.75) is 59.2 Å². The van der Waals surface area contributed by atoms with Gasteiger partial charge in [-0.2, -0.15) is 0 Å². The predicted octanol–water partition coefficient (Wildman–Crippen LogP) is 4.34. The first kappa shape index (κ1) is 29.6. The maximum atomic E-state index is 13.3. The van der Waals surface area contributed by atoms with Crippen LogP contribution in [0.3, 0.4) is 0 Å². The molecule has 0 radical (unpaired) electrons. The summed E-state index contributed by atoms with van der Waals surface area (Å²) in [5.74, 6) is 0.203. The van der Waals surface area contributed by atoms with Crippen LogP contribution in [0, 0.1) is 0 Å². The summed E-state index contributed by atoms with van der Waals surface area (Å²) in [6, 6.07) is 13.6. The van der Waals surface area contributed by atoms with Crippen molar-refractivity contribution in [1.29, 1.82) is 0 Å². The summed E-state index contributed by atoms with van der Waals surface area (Å²) in [6.07, 6.45) is 1.54. The van der Waals surface area contributed by atoms with Crippen molar-refractivity contribution in [3.63, 3.8) is 0 Å². The van der Waals surface area contributed by atoms with Gasteiger partial charge in [-0.15, -0.1) is 0 Å². The minimum absolute atomic E-state index is 0.0537. The average Bonchev–Trinajstić information content (AvgIpc) is 2.80. The van der Waals surface area contributed by atoms with E-state index in [1.54, 1.807) is 36.1 Å². The first-order valence-corrected chi connectivity index (χ1v) is 14.6. The highest BCUT2D eigenvalue weighted by Crippen LogP contribution is 2.23. The van der Waals surface area contributed by atoms with E-state index in [0.29, 0.717) is 24.5 Å². The maximum Gasteiger partial charge on any atom is 0.242 e. The second kappa shape index (κ2) is 13.6. The molecule has 2 rings (SSSR count). The van der Waals surface area contributed by atoms with Gasteiger partial charge in [-0.1, -0.05) is 28.1 Å². The minimum atomic E-state index is -3.56. The molecule has 0 heterocycles. The third kappa shape index (κ3) is 9.13. The third-order valence-electron chi connectivity index (χ3n) is 5.45. The number of hydrogen-bond acceptors (Lipinski definition) is 5. The zero-order valence-corrected chi connectivity index (χ0v) is 23.9. The van der Waals surface area contributed by atoms with Crippen LogP contribution in [0.15, 0.2) is 53.0 Å². The summed E-state index contributed by atoms with van der Waals surface area (Å²) < 4.78 is 32.6. The number of sulfonamides is 1. The molecule has 0 aliphatic carbocycles. The van der Waals surface area contributed by atoms with Gasteiger partial charge in [0.05, 0.1) is 18.6 Å². The van der Waals surface area contributed by atoms with E-state index in [-0.39, 0.29) is 37.4 Å². The van der Waals surface area contributed by atoms with Crippen LogP contribution in [0.5, 0.6) is 5.75 Å². The van der Waals surface area contributed by atoms with Crippen LogP contribution in [0.1, 0.15) is 46.1 Å². The van der Waals surface area contributed by atoms with Crippen molar-refractivity contribution in [3.8, 4) is 5.75 Å². The van der Waals surface area contributed by atoms with Gasteiger partial charge in [-0.25, -0.2) is 8.42 Å². The van der Waals surface area contributed by atoms with Crippen molar-refractivity contribution < 1.29 is 22.7 Å². The number of benzene rings is 2. The Morgan fingerprint density at radius 1 is 1.03 bits per heavy atom. The Kier molecular flexibility index (Phi) is 11.2. The van der Waals surface area contributed by atoms with Crippen LogP contribution in [-0.2, 0) is 26.2 Å². The van der Waals surface area contributed by atoms with Gasteiger partial charge in [0, 0.05) is 30.0 Å². The molecule has 0 fully saturated rings. The van der Waals surface area contributed by atoms with Gasteiger partial charge in [0.1, 0.15) is 11.8 Å². The van der Waals surface area contributed by atoms with E-state index in [1.807, 2.05) is 45.0 Å². The van der Waals surface area contributed by atoms with Gasteiger partial charge in [0.15, 0.2) is 0 Å². The van der Waals surface area contributed by atoms with E-state index in [1.165, 1.54) is 4.31 Å². The molecular formula is C26H36BrN3O5S. The zero-order chi connectivity index (χ0) is 26.9. The predicted molar refractivity (Wildman–Crippen MR) is 146 cm³/mol. The molecule has 0 aromatic heterocycles. The quantitative estimate of drug-likeness (QED) is 0.379. The Morgan fingerprint density at radius 2 is 1.64 bits per heavy atom. The molecule has 0 spiro atoms. The summed E-state index contributed by atoms with van der Waals surface area (Å²) in [7, 11) is -3.56. The van der Waals surface area contributed by atoms with E-state index >= 15 is 0 Å². The summed E-state index contributed by atoms with van der Waals surface area (Å²) in [5.41, 5.74) is 1.40. The summed E-state index contributed by atoms with van der Waals surface area (Å²) in [5, 5.41) is 2.86. The molecular weight excluding hydrogens is 546 g/mol. The van der Waals surface area contributed by atoms with E-state index < -0.39 is 16.1 Å². The number of carbonyl (C=O) groups is 2. The number of anilines is 1. The molecule has 0 aliphatic rings. The van der Waals surface area contributed by atoms with Gasteiger partial charge in [0.25, 0.3) is 0 Å². The number of amides is 2. The molecule has 2 amide bonds. The standard InChI is InChI=1S/C26H36BrN3O5S/c1-6-35-24-15-13-23(14-16-24)30(36(5,33)34)17-7-8-25(31)29(20(4)26(32)28-19(2)3)18-21-9-11-22(27)12-10-21/h9-16,19-20H,6-8,17-18H2,1-5H3,(H,28,32). The van der Waals surface area contributed by atoms with Gasteiger partial charge in [0.2, 0.25) is 21.8 Å². The Hall–Kier alpha value is -2.59. The maximum absolute atomic E-state index is 13.3. The largest absolute Gasteiger partial charge is 0.494 e. The van der Waals surface area contributed by atoms with Crippen molar-refractivity contribution in [2.24, 2.45) is 0 Å². The van der Waals surface area contributed by atoms with Crippen LogP contribution in [0.2, 0.25) is 0 Å². The fraction of sp³-hybridized carbons (Fsp3) is 0.462. The smallest absolute Gasteiger partial charge is 0.242 e. The number of hydrogen-bond donors (Lipinski definition) is 1. The molecule has 2 aromatic carbocycles. The second-order valence-electron chi connectivity index (χ2n) is 8.85. The number of ether oxygens (including phenoxy) is 1. The molecule has 1 N–H and O–H groups in total. The molecule has 2 aromatic rings. The monoisotopic (exact) mass is 581 g/mol. The highest BCUT2D eigenvalue weighted by Gasteiger charge is 2.27. The number of halogens is 1. The lowest BCUT2D eigenvalue weighted by Crippen LogP contribution is -2.49. The van der Waals surface area contributed by atoms with Crippen molar-refractivity contribution in [3.05, 3.63) is 58.6 Å². The normalized spacial score (nSPS) is 12.2. The SMILES string of the molecule is CCOc1ccc(N(CCCC(=O)N(Cc2ccc(Br)cc2)C(C)C(=O)NC(C)C)S(C)(=O)=O)cc1. The highest BCUT2D eigenvalue weighted by atomic mass is 79.9. The molecule has 0 saturated carbocycles. The van der Waals surface area contributed by atoms with Crippen LogP contribution in [0.4, 0.5) is 5.69 Å². The van der Waals surface area contributed by atoms with Gasteiger partial charge in [-0.3, -0.25) is 13.9 Å². The molecule has 1 unspecified atom stereocenters. The summed E-state index contributed by atoms with van der Waals surface area (Å²) >= 11 is 3.41. The minimum Gasteiger partial charge on any atom is -0.494 e. The Labute approximate surface area is 223 Å². The number of nitrogens with one attached hydrogen (secondary N) is 1. The van der Waals surface area contributed by atoms with Crippen LogP contribution < -0.4 is 14.4 Å². The lowest BCUT2D eigenvalue weighted by Gasteiger charge is -2.30. The highest BCUT2D eigenvalue weighted by molar-refractivity contribution is 9.10. The Morgan fingerprint density at radius 3 is 2.17 bits per heavy atom. The zero-order valence-electron chi connectivity index (χ0n) is 21.5. The lowest BCUT2D eigenvalue weighted by molar-refractivity contribution is -0.140. The topological polar surface area (TPSA) is 96.0 Å². The van der Waals surface area contributed by atoms with Crippen LogP contribution >= 0.6 is 15.9 Å². The van der Waals surface area contributed by atoms with Gasteiger partial charge < -0.3 is 15.0 Å². The Bertz CT molecular complexity index is 1110.